The number of aromatic nitrogens is 3. The van der Waals surface area contributed by atoms with Crippen molar-refractivity contribution in [2.24, 2.45) is 22.2 Å². The number of hydrogen-bond donors (Lipinski definition) is 10. The van der Waals surface area contributed by atoms with E-state index in [0.717, 1.165) is 16.5 Å². The lowest BCUT2D eigenvalue weighted by Gasteiger charge is -2.25. The van der Waals surface area contributed by atoms with Crippen LogP contribution < -0.4 is 33.2 Å². The molecule has 3 aromatic rings. The molecule has 17 heteroatoms. The van der Waals surface area contributed by atoms with Gasteiger partial charge < -0.3 is 53.3 Å². The third kappa shape index (κ3) is 10.6. The number of para-hydroxylation sites is 1. The van der Waals surface area contributed by atoms with E-state index in [1.54, 1.807) is 6.20 Å². The summed E-state index contributed by atoms with van der Waals surface area (Å²) < 4.78 is 0. The second-order valence-electron chi connectivity index (χ2n) is 10.4. The molecule has 3 rings (SSSR count). The van der Waals surface area contributed by atoms with Crippen LogP contribution in [-0.4, -0.2) is 91.5 Å². The number of amides is 3. The van der Waals surface area contributed by atoms with Crippen molar-refractivity contribution in [3.05, 3.63) is 54.2 Å². The average Bonchev–Trinajstić information content (AvgIpc) is 3.66. The molecule has 13 N–H and O–H groups in total. The number of carbonyl (C=O) groups excluding carboxylic acids is 3. The van der Waals surface area contributed by atoms with Crippen LogP contribution in [0.4, 0.5) is 0 Å². The van der Waals surface area contributed by atoms with E-state index in [2.05, 4.69) is 35.9 Å². The van der Waals surface area contributed by atoms with Crippen molar-refractivity contribution in [2.45, 2.75) is 62.7 Å². The van der Waals surface area contributed by atoms with Crippen LogP contribution in [0.3, 0.4) is 0 Å². The van der Waals surface area contributed by atoms with E-state index in [1.807, 2.05) is 24.3 Å². The number of carbonyl (C=O) groups is 5. The van der Waals surface area contributed by atoms with Gasteiger partial charge in [0.05, 0.1) is 12.4 Å². The molecule has 45 heavy (non-hydrogen) atoms. The minimum atomic E-state index is -1.52. The molecule has 2 aromatic heterocycles. The van der Waals surface area contributed by atoms with Gasteiger partial charge in [-0.15, -0.1) is 0 Å². The third-order valence-electron chi connectivity index (χ3n) is 6.90. The molecule has 0 aliphatic heterocycles. The fourth-order valence-corrected chi connectivity index (χ4v) is 4.58. The SMILES string of the molecule is NC(N)=NCCCC(NC(=O)C(N)Cc1c[nH]c2ccccc12)C(=O)NC(Cc1cnc[nH]1)C(=O)NC(CCC(=O)O)C(=O)O. The van der Waals surface area contributed by atoms with E-state index in [-0.39, 0.29) is 44.6 Å². The third-order valence-corrected chi connectivity index (χ3v) is 6.90. The number of aliphatic imine (C=N–C) groups is 1. The summed E-state index contributed by atoms with van der Waals surface area (Å²) in [6, 6.07) is 2.50. The summed E-state index contributed by atoms with van der Waals surface area (Å²) in [6.07, 6.45) is 4.08. The summed E-state index contributed by atoms with van der Waals surface area (Å²) in [5.41, 5.74) is 19.1. The highest BCUT2D eigenvalue weighted by molar-refractivity contribution is 5.94. The number of imidazole rings is 1. The van der Waals surface area contributed by atoms with Gasteiger partial charge in [-0.1, -0.05) is 18.2 Å². The number of nitrogens with zero attached hydrogens (tertiary/aromatic N) is 2. The maximum atomic E-state index is 13.5. The number of H-pyrrole nitrogens is 2. The van der Waals surface area contributed by atoms with Gasteiger partial charge in [-0.05, 0) is 37.3 Å². The smallest absolute Gasteiger partial charge is 0.326 e. The second-order valence-corrected chi connectivity index (χ2v) is 10.4. The maximum Gasteiger partial charge on any atom is 0.326 e. The number of nitrogens with one attached hydrogen (secondary N) is 5. The number of guanidine groups is 1. The van der Waals surface area contributed by atoms with Crippen molar-refractivity contribution in [1.82, 2.24) is 30.9 Å². The number of aromatic amines is 2. The number of carboxylic acids is 2. The normalized spacial score (nSPS) is 13.6. The summed E-state index contributed by atoms with van der Waals surface area (Å²) in [4.78, 5) is 76.3. The highest BCUT2D eigenvalue weighted by atomic mass is 16.4. The predicted molar refractivity (Wildman–Crippen MR) is 162 cm³/mol. The predicted octanol–water partition coefficient (Wildman–Crippen LogP) is -1.54. The van der Waals surface area contributed by atoms with Gasteiger partial charge >= 0.3 is 11.9 Å². The minimum Gasteiger partial charge on any atom is -0.481 e. The largest absolute Gasteiger partial charge is 0.481 e. The Morgan fingerprint density at radius 2 is 1.58 bits per heavy atom. The van der Waals surface area contributed by atoms with Crippen LogP contribution in [0, 0.1) is 0 Å². The molecule has 0 spiro atoms. The Morgan fingerprint density at radius 1 is 0.889 bits per heavy atom. The lowest BCUT2D eigenvalue weighted by atomic mass is 10.0. The van der Waals surface area contributed by atoms with Crippen LogP contribution in [0.2, 0.25) is 0 Å². The summed E-state index contributed by atoms with van der Waals surface area (Å²) in [5.74, 6) is -5.06. The van der Waals surface area contributed by atoms with Crippen LogP contribution in [0.5, 0.6) is 0 Å². The maximum absolute atomic E-state index is 13.5. The van der Waals surface area contributed by atoms with Gasteiger partial charge in [-0.25, -0.2) is 9.78 Å². The van der Waals surface area contributed by atoms with Gasteiger partial charge in [0.2, 0.25) is 17.7 Å². The number of hydrogen-bond acceptors (Lipinski definition) is 8. The number of fused-ring (bicyclic) bond motifs is 1. The molecule has 0 bridgehead atoms. The molecule has 0 aliphatic rings. The summed E-state index contributed by atoms with van der Waals surface area (Å²) in [6.45, 7) is 0.158. The summed E-state index contributed by atoms with van der Waals surface area (Å²) in [7, 11) is 0. The molecule has 4 unspecified atom stereocenters. The molecule has 0 aliphatic carbocycles. The van der Waals surface area contributed by atoms with Gasteiger partial charge in [0.25, 0.3) is 0 Å². The number of rotatable bonds is 18. The number of nitrogens with two attached hydrogens (primary N) is 3. The van der Waals surface area contributed by atoms with E-state index in [4.69, 9.17) is 22.3 Å². The van der Waals surface area contributed by atoms with Crippen LogP contribution in [0.25, 0.3) is 10.9 Å². The van der Waals surface area contributed by atoms with Crippen molar-refractivity contribution in [2.75, 3.05) is 6.54 Å². The molecule has 17 nitrogen and oxygen atoms in total. The number of carboxylic acid groups (broad SMARTS) is 2. The van der Waals surface area contributed by atoms with Gasteiger partial charge in [0.1, 0.15) is 18.1 Å². The number of aliphatic carboxylic acids is 2. The zero-order chi connectivity index (χ0) is 32.9. The van der Waals surface area contributed by atoms with Gasteiger partial charge in [0, 0.05) is 48.4 Å². The first-order valence-electron chi connectivity index (χ1n) is 14.1. The van der Waals surface area contributed by atoms with Crippen molar-refractivity contribution < 1.29 is 34.2 Å². The van der Waals surface area contributed by atoms with Crippen LogP contribution in [0.15, 0.2) is 48.0 Å². The van der Waals surface area contributed by atoms with Crippen molar-refractivity contribution in [3.63, 3.8) is 0 Å². The zero-order valence-corrected chi connectivity index (χ0v) is 24.4. The summed E-state index contributed by atoms with van der Waals surface area (Å²) in [5, 5.41) is 26.9. The Hall–Kier alpha value is -5.45. The first kappa shape index (κ1) is 34.0. The average molecular weight is 627 g/mol. The zero-order valence-electron chi connectivity index (χ0n) is 24.4. The Kier molecular flexibility index (Phi) is 12.4. The highest BCUT2D eigenvalue weighted by Crippen LogP contribution is 2.19. The molecule has 0 fully saturated rings. The molecule has 0 saturated heterocycles. The van der Waals surface area contributed by atoms with Crippen LogP contribution >= 0.6 is 0 Å². The van der Waals surface area contributed by atoms with Crippen molar-refractivity contribution in [3.8, 4) is 0 Å². The molecular weight excluding hydrogens is 588 g/mol. The first-order valence-corrected chi connectivity index (χ1v) is 14.1. The quantitative estimate of drug-likeness (QED) is 0.0438. The molecular formula is C28H38N10O7. The van der Waals surface area contributed by atoms with E-state index in [1.165, 1.54) is 12.5 Å². The van der Waals surface area contributed by atoms with Gasteiger partial charge in [0.15, 0.2) is 5.96 Å². The van der Waals surface area contributed by atoms with Gasteiger partial charge in [-0.3, -0.25) is 24.2 Å². The molecule has 3 amide bonds. The second kappa shape index (κ2) is 16.4. The fraction of sp³-hybridized carbons (Fsp3) is 0.393. The molecule has 2 heterocycles. The molecule has 1 aromatic carbocycles. The standard InChI is InChI=1S/C28H38N10O7/c29-18(10-15-12-34-19-5-2-1-4-17(15)19)24(41)36-20(6-3-9-33-28(30)31)25(42)38-22(11-16-13-32-14-35-16)26(43)37-21(27(44)45)7-8-23(39)40/h1-2,4-5,12-14,18,20-22,34H,3,6-11,29H2,(H,32,35)(H,36,41)(H,37,43)(H,38,42)(H,39,40)(H,44,45)(H4,30,31,33). The summed E-state index contributed by atoms with van der Waals surface area (Å²) >= 11 is 0. The van der Waals surface area contributed by atoms with E-state index in [9.17, 15) is 29.1 Å². The Balaban J connectivity index is 1.76. The van der Waals surface area contributed by atoms with Crippen LogP contribution in [-0.2, 0) is 36.8 Å². The molecule has 242 valence electrons. The fourth-order valence-electron chi connectivity index (χ4n) is 4.58. The van der Waals surface area contributed by atoms with E-state index >= 15 is 0 Å². The minimum absolute atomic E-state index is 0.0723. The van der Waals surface area contributed by atoms with E-state index < -0.39 is 60.2 Å². The topological polar surface area (TPSA) is 297 Å². The van der Waals surface area contributed by atoms with Gasteiger partial charge in [-0.2, -0.15) is 0 Å². The number of benzene rings is 1. The molecule has 0 radical (unpaired) electrons. The molecule has 0 saturated carbocycles. The Bertz CT molecular complexity index is 1500. The first-order chi connectivity index (χ1) is 21.4. The molecule has 4 atom stereocenters. The van der Waals surface area contributed by atoms with E-state index in [0.29, 0.717) is 5.69 Å². The monoisotopic (exact) mass is 626 g/mol. The lowest BCUT2D eigenvalue weighted by Crippen LogP contribution is -2.57. The van der Waals surface area contributed by atoms with Crippen molar-refractivity contribution in [1.29, 1.82) is 0 Å². The Labute approximate surface area is 257 Å². The Morgan fingerprint density at radius 3 is 2.24 bits per heavy atom. The highest BCUT2D eigenvalue weighted by Gasteiger charge is 2.31. The van der Waals surface area contributed by atoms with Crippen LogP contribution in [0.1, 0.15) is 36.9 Å². The van der Waals surface area contributed by atoms with Crippen molar-refractivity contribution >= 4 is 46.5 Å². The lowest BCUT2D eigenvalue weighted by molar-refractivity contribution is -0.143.